The Kier molecular flexibility index (Phi) is 3.58. The predicted molar refractivity (Wildman–Crippen MR) is 64.2 cm³/mol. The van der Waals surface area contributed by atoms with Gasteiger partial charge in [-0.1, -0.05) is 6.07 Å². The summed E-state index contributed by atoms with van der Waals surface area (Å²) >= 11 is 1.12. The van der Waals surface area contributed by atoms with Crippen LogP contribution in [-0.2, 0) is 0 Å². The Balaban J connectivity index is 2.37. The van der Waals surface area contributed by atoms with E-state index in [2.05, 4.69) is 15.2 Å². The lowest BCUT2D eigenvalue weighted by atomic mass is 10.1. The molecule has 18 heavy (non-hydrogen) atoms. The molecule has 1 aromatic carbocycles. The monoisotopic (exact) mass is 266 g/mol. The summed E-state index contributed by atoms with van der Waals surface area (Å²) in [6, 6.07) is 4.60. The standard InChI is InChI=1S/C10H10N4O3S/c1-6(15)7-2-3-9(8(4-7)14(16)17)18-10-11-5-12-13-10/h2-6,15H,1H3,(H,11,12,13)/t6-/m1/s1. The minimum absolute atomic E-state index is 0.0604. The first-order chi connectivity index (χ1) is 8.58. The lowest BCUT2D eigenvalue weighted by molar-refractivity contribution is -0.387. The van der Waals surface area contributed by atoms with Gasteiger partial charge in [-0.3, -0.25) is 15.2 Å². The molecule has 0 aliphatic heterocycles. The SMILES string of the molecule is C[C@@H](O)c1ccc(Sc2ncn[nH]2)c([N+](=O)[O-])c1. The molecule has 7 nitrogen and oxygen atoms in total. The Morgan fingerprint density at radius 1 is 1.56 bits per heavy atom. The van der Waals surface area contributed by atoms with Crippen molar-refractivity contribution in [2.24, 2.45) is 0 Å². The van der Waals surface area contributed by atoms with E-state index in [1.54, 1.807) is 19.1 Å². The highest BCUT2D eigenvalue weighted by atomic mass is 32.2. The van der Waals surface area contributed by atoms with Crippen molar-refractivity contribution in [2.75, 3.05) is 0 Å². The van der Waals surface area contributed by atoms with Crippen molar-refractivity contribution in [1.29, 1.82) is 0 Å². The van der Waals surface area contributed by atoms with Crippen LogP contribution in [0.25, 0.3) is 0 Å². The molecule has 0 amide bonds. The molecule has 2 rings (SSSR count). The van der Waals surface area contributed by atoms with Crippen LogP contribution in [-0.4, -0.2) is 25.2 Å². The molecule has 1 aromatic heterocycles. The van der Waals surface area contributed by atoms with Gasteiger partial charge < -0.3 is 5.11 Å². The Morgan fingerprint density at radius 2 is 2.33 bits per heavy atom. The van der Waals surface area contributed by atoms with Crippen LogP contribution in [0.5, 0.6) is 0 Å². The first kappa shape index (κ1) is 12.5. The highest BCUT2D eigenvalue weighted by Crippen LogP contribution is 2.34. The van der Waals surface area contributed by atoms with Crippen molar-refractivity contribution in [1.82, 2.24) is 15.2 Å². The summed E-state index contributed by atoms with van der Waals surface area (Å²) in [5.74, 6) is 0. The second-order valence-corrected chi connectivity index (χ2v) is 4.58. The van der Waals surface area contributed by atoms with Crippen molar-refractivity contribution in [2.45, 2.75) is 23.1 Å². The van der Waals surface area contributed by atoms with Gasteiger partial charge in [0.25, 0.3) is 5.69 Å². The number of rotatable bonds is 4. The zero-order valence-corrected chi connectivity index (χ0v) is 10.2. The smallest absolute Gasteiger partial charge is 0.283 e. The lowest BCUT2D eigenvalue weighted by Gasteiger charge is -2.06. The summed E-state index contributed by atoms with van der Waals surface area (Å²) < 4.78 is 0. The van der Waals surface area contributed by atoms with E-state index >= 15 is 0 Å². The number of H-pyrrole nitrogens is 1. The Labute approximate surface area is 106 Å². The van der Waals surface area contributed by atoms with Gasteiger partial charge in [-0.25, -0.2) is 4.98 Å². The molecule has 94 valence electrons. The number of hydrogen-bond donors (Lipinski definition) is 2. The molecular weight excluding hydrogens is 256 g/mol. The largest absolute Gasteiger partial charge is 0.389 e. The van der Waals surface area contributed by atoms with E-state index in [9.17, 15) is 15.2 Å². The summed E-state index contributed by atoms with van der Waals surface area (Å²) in [6.07, 6.45) is 0.589. The minimum Gasteiger partial charge on any atom is -0.389 e. The molecule has 0 radical (unpaired) electrons. The summed E-state index contributed by atoms with van der Waals surface area (Å²) in [6.45, 7) is 1.56. The van der Waals surface area contributed by atoms with Crippen LogP contribution in [0.1, 0.15) is 18.6 Å². The fourth-order valence-electron chi connectivity index (χ4n) is 1.37. The van der Waals surface area contributed by atoms with Crippen LogP contribution in [0.3, 0.4) is 0 Å². The summed E-state index contributed by atoms with van der Waals surface area (Å²) in [5, 5.41) is 27.2. The molecule has 0 aliphatic rings. The predicted octanol–water partition coefficient (Wildman–Crippen LogP) is 1.92. The van der Waals surface area contributed by atoms with E-state index in [0.717, 1.165) is 11.8 Å². The lowest BCUT2D eigenvalue weighted by Crippen LogP contribution is -1.96. The number of benzene rings is 1. The number of aliphatic hydroxyl groups excluding tert-OH is 1. The molecule has 2 N–H and O–H groups in total. The van der Waals surface area contributed by atoms with E-state index in [0.29, 0.717) is 15.6 Å². The molecule has 1 heterocycles. The fourth-order valence-corrected chi connectivity index (χ4v) is 2.15. The maximum Gasteiger partial charge on any atom is 0.283 e. The van der Waals surface area contributed by atoms with Crippen molar-refractivity contribution in [3.63, 3.8) is 0 Å². The second kappa shape index (κ2) is 5.15. The van der Waals surface area contributed by atoms with Crippen LogP contribution in [0.2, 0.25) is 0 Å². The zero-order valence-electron chi connectivity index (χ0n) is 9.40. The molecule has 0 fully saturated rings. The van der Waals surface area contributed by atoms with Crippen molar-refractivity contribution in [3.8, 4) is 0 Å². The third kappa shape index (κ3) is 2.66. The van der Waals surface area contributed by atoms with Crippen LogP contribution in [0.15, 0.2) is 34.6 Å². The molecule has 8 heteroatoms. The van der Waals surface area contributed by atoms with Crippen LogP contribution in [0.4, 0.5) is 5.69 Å². The fraction of sp³-hybridized carbons (Fsp3) is 0.200. The van der Waals surface area contributed by atoms with E-state index in [4.69, 9.17) is 0 Å². The highest BCUT2D eigenvalue weighted by molar-refractivity contribution is 7.99. The molecule has 0 saturated heterocycles. The van der Waals surface area contributed by atoms with E-state index in [-0.39, 0.29) is 5.69 Å². The van der Waals surface area contributed by atoms with Crippen LogP contribution < -0.4 is 0 Å². The second-order valence-electron chi connectivity index (χ2n) is 3.55. The number of nitro groups is 1. The van der Waals surface area contributed by atoms with Gasteiger partial charge in [0.1, 0.15) is 6.33 Å². The first-order valence-corrected chi connectivity index (χ1v) is 5.89. The third-order valence-corrected chi connectivity index (χ3v) is 3.22. The first-order valence-electron chi connectivity index (χ1n) is 5.07. The molecule has 2 aromatic rings. The minimum atomic E-state index is -0.743. The Bertz CT molecular complexity index is 556. The number of nitro benzene ring substituents is 1. The molecule has 0 saturated carbocycles. The van der Waals surface area contributed by atoms with Gasteiger partial charge in [-0.2, -0.15) is 5.10 Å². The molecule has 0 unspecified atom stereocenters. The third-order valence-electron chi connectivity index (χ3n) is 2.26. The van der Waals surface area contributed by atoms with Gasteiger partial charge in [0, 0.05) is 6.07 Å². The van der Waals surface area contributed by atoms with Gasteiger partial charge in [0.2, 0.25) is 0 Å². The van der Waals surface area contributed by atoms with Crippen LogP contribution in [0, 0.1) is 10.1 Å². The number of nitrogens with zero attached hydrogens (tertiary/aromatic N) is 3. The number of aliphatic hydroxyl groups is 1. The Morgan fingerprint density at radius 3 is 2.89 bits per heavy atom. The van der Waals surface area contributed by atoms with Crippen molar-refractivity contribution >= 4 is 17.4 Å². The maximum atomic E-state index is 11.0. The van der Waals surface area contributed by atoms with E-state index in [1.165, 1.54) is 12.4 Å². The van der Waals surface area contributed by atoms with Gasteiger partial charge in [0.05, 0.1) is 15.9 Å². The van der Waals surface area contributed by atoms with E-state index < -0.39 is 11.0 Å². The van der Waals surface area contributed by atoms with Crippen LogP contribution >= 0.6 is 11.8 Å². The van der Waals surface area contributed by atoms with Crippen molar-refractivity contribution in [3.05, 3.63) is 40.2 Å². The highest BCUT2D eigenvalue weighted by Gasteiger charge is 2.18. The summed E-state index contributed by atoms with van der Waals surface area (Å²) in [4.78, 5) is 14.8. The number of aromatic nitrogens is 3. The normalized spacial score (nSPS) is 12.3. The average molecular weight is 266 g/mol. The summed E-state index contributed by atoms with van der Waals surface area (Å²) in [7, 11) is 0. The van der Waals surface area contributed by atoms with Gasteiger partial charge in [-0.05, 0) is 30.3 Å². The average Bonchev–Trinajstić information content (AvgIpc) is 2.81. The van der Waals surface area contributed by atoms with E-state index in [1.807, 2.05) is 0 Å². The number of aromatic amines is 1. The van der Waals surface area contributed by atoms with Gasteiger partial charge in [-0.15, -0.1) is 0 Å². The van der Waals surface area contributed by atoms with Gasteiger partial charge in [0.15, 0.2) is 5.16 Å². The summed E-state index contributed by atoms with van der Waals surface area (Å²) in [5.41, 5.74) is 0.443. The number of nitrogens with one attached hydrogen (secondary N) is 1. The molecule has 0 aliphatic carbocycles. The van der Waals surface area contributed by atoms with Crippen molar-refractivity contribution < 1.29 is 10.0 Å². The number of hydrogen-bond acceptors (Lipinski definition) is 6. The molecule has 0 bridgehead atoms. The topological polar surface area (TPSA) is 105 Å². The molecule has 0 spiro atoms. The molecule has 1 atom stereocenters. The maximum absolute atomic E-state index is 11.0. The quantitative estimate of drug-likeness (QED) is 0.647. The zero-order chi connectivity index (χ0) is 13.1. The van der Waals surface area contributed by atoms with Gasteiger partial charge >= 0.3 is 0 Å². The Hall–Kier alpha value is -1.93. The molecular formula is C10H10N4O3S.